The summed E-state index contributed by atoms with van der Waals surface area (Å²) in [6.07, 6.45) is 7.34. The molecule has 9 nitrogen and oxygen atoms in total. The van der Waals surface area contributed by atoms with Crippen molar-refractivity contribution < 1.29 is 24.0 Å². The third-order valence-corrected chi connectivity index (χ3v) is 4.12. The normalized spacial score (nSPS) is 17.6. The minimum absolute atomic E-state index is 0.0395. The van der Waals surface area contributed by atoms with Crippen LogP contribution in [0.1, 0.15) is 39.0 Å². The summed E-state index contributed by atoms with van der Waals surface area (Å²) < 4.78 is 0. The lowest BCUT2D eigenvalue weighted by Gasteiger charge is -2.14. The largest absolute Gasteiger partial charge is 0.337 e. The Bertz CT molecular complexity index is 628. The van der Waals surface area contributed by atoms with Gasteiger partial charge in [-0.3, -0.25) is 24.6 Å². The van der Waals surface area contributed by atoms with Gasteiger partial charge in [0.2, 0.25) is 5.91 Å². The Balaban J connectivity index is 1.75. The van der Waals surface area contributed by atoms with Gasteiger partial charge in [0.05, 0.1) is 0 Å². The number of likely N-dealkylation sites (N-methyl/N-ethyl adjacent to an activating group) is 1. The molecule has 0 radical (unpaired) electrons. The van der Waals surface area contributed by atoms with Crippen molar-refractivity contribution in [1.82, 2.24) is 20.4 Å². The van der Waals surface area contributed by atoms with Gasteiger partial charge in [-0.05, 0) is 39.0 Å². The second-order valence-corrected chi connectivity index (χ2v) is 5.89. The van der Waals surface area contributed by atoms with E-state index in [1.165, 1.54) is 12.0 Å². The van der Waals surface area contributed by atoms with Crippen molar-refractivity contribution in [2.24, 2.45) is 0 Å². The van der Waals surface area contributed by atoms with E-state index in [9.17, 15) is 24.0 Å². The molecule has 0 saturated carbocycles. The number of carbonyl (C=O) groups excluding carboxylic acids is 5. The topological polar surface area (TPSA) is 116 Å². The standard InChI is InChI=1S/C16H22N4O5/c1-2-19-13(22)14(23)20(16(19)25)10-12(21)18-15(24)17-9-8-11-6-4-3-5-7-11/h6H,2-5,7-10H2,1H3,(H2,17,18,21,24). The van der Waals surface area contributed by atoms with E-state index in [1.54, 1.807) is 6.92 Å². The van der Waals surface area contributed by atoms with Crippen molar-refractivity contribution in [2.75, 3.05) is 19.6 Å². The molecule has 1 fully saturated rings. The van der Waals surface area contributed by atoms with Crippen LogP contribution in [0.4, 0.5) is 9.59 Å². The molecule has 1 heterocycles. The average Bonchev–Trinajstić information content (AvgIpc) is 2.79. The van der Waals surface area contributed by atoms with E-state index in [-0.39, 0.29) is 6.54 Å². The molecular weight excluding hydrogens is 328 g/mol. The Morgan fingerprint density at radius 3 is 2.44 bits per heavy atom. The van der Waals surface area contributed by atoms with E-state index in [0.29, 0.717) is 11.4 Å². The molecule has 0 spiro atoms. The van der Waals surface area contributed by atoms with Crippen LogP contribution in [-0.2, 0) is 14.4 Å². The van der Waals surface area contributed by atoms with E-state index < -0.39 is 36.3 Å². The third kappa shape index (κ3) is 4.65. The van der Waals surface area contributed by atoms with Gasteiger partial charge < -0.3 is 5.32 Å². The lowest BCUT2D eigenvalue weighted by Crippen LogP contribution is -2.46. The molecule has 1 aliphatic heterocycles. The Hall–Kier alpha value is -2.71. The van der Waals surface area contributed by atoms with Gasteiger partial charge in [0, 0.05) is 13.1 Å². The summed E-state index contributed by atoms with van der Waals surface area (Å²) in [5, 5.41) is 4.61. The van der Waals surface area contributed by atoms with Crippen LogP contribution < -0.4 is 10.6 Å². The predicted molar refractivity (Wildman–Crippen MR) is 87.2 cm³/mol. The first-order valence-electron chi connectivity index (χ1n) is 8.37. The fraction of sp³-hybridized carbons (Fsp3) is 0.562. The number of allylic oxidation sites excluding steroid dienone is 1. The summed E-state index contributed by atoms with van der Waals surface area (Å²) in [7, 11) is 0. The van der Waals surface area contributed by atoms with Crippen molar-refractivity contribution >= 4 is 29.8 Å². The summed E-state index contributed by atoms with van der Waals surface area (Å²) in [5.74, 6) is -2.86. The van der Waals surface area contributed by atoms with E-state index in [2.05, 4.69) is 11.4 Å². The first kappa shape index (κ1) is 18.6. The Morgan fingerprint density at radius 1 is 1.12 bits per heavy atom. The van der Waals surface area contributed by atoms with E-state index in [0.717, 1.165) is 30.6 Å². The molecule has 2 aliphatic rings. The zero-order valence-corrected chi connectivity index (χ0v) is 14.2. The van der Waals surface area contributed by atoms with Crippen molar-refractivity contribution in [2.45, 2.75) is 39.0 Å². The lowest BCUT2D eigenvalue weighted by atomic mass is 9.97. The van der Waals surface area contributed by atoms with Crippen LogP contribution in [-0.4, -0.2) is 59.2 Å². The molecule has 0 aromatic rings. The van der Waals surface area contributed by atoms with E-state index in [1.807, 2.05) is 5.32 Å². The fourth-order valence-corrected chi connectivity index (χ4v) is 2.79. The predicted octanol–water partition coefficient (Wildman–Crippen LogP) is 0.513. The van der Waals surface area contributed by atoms with Crippen LogP contribution in [0.5, 0.6) is 0 Å². The summed E-state index contributed by atoms with van der Waals surface area (Å²) in [6, 6.07) is -1.54. The maximum atomic E-state index is 11.8. The van der Waals surface area contributed by atoms with Crippen LogP contribution in [0.3, 0.4) is 0 Å². The van der Waals surface area contributed by atoms with Gasteiger partial charge in [0.25, 0.3) is 0 Å². The van der Waals surface area contributed by atoms with Crippen molar-refractivity contribution in [1.29, 1.82) is 0 Å². The van der Waals surface area contributed by atoms with Crippen LogP contribution in [0, 0.1) is 0 Å². The first-order chi connectivity index (χ1) is 11.9. The lowest BCUT2D eigenvalue weighted by molar-refractivity contribution is -0.143. The number of nitrogens with one attached hydrogen (secondary N) is 2. The van der Waals surface area contributed by atoms with Crippen molar-refractivity contribution in [3.63, 3.8) is 0 Å². The molecule has 25 heavy (non-hydrogen) atoms. The van der Waals surface area contributed by atoms with Gasteiger partial charge >= 0.3 is 23.9 Å². The maximum Gasteiger partial charge on any atom is 0.334 e. The Kier molecular flexibility index (Phi) is 6.26. The minimum Gasteiger partial charge on any atom is -0.337 e. The van der Waals surface area contributed by atoms with Gasteiger partial charge in [0.1, 0.15) is 6.54 Å². The van der Waals surface area contributed by atoms with E-state index in [4.69, 9.17) is 0 Å². The number of imide groups is 3. The molecule has 9 heteroatoms. The highest BCUT2D eigenvalue weighted by molar-refractivity contribution is 6.45. The van der Waals surface area contributed by atoms with Crippen LogP contribution >= 0.6 is 0 Å². The number of hydrogen-bond donors (Lipinski definition) is 2. The number of amides is 7. The summed E-state index contributed by atoms with van der Waals surface area (Å²) in [6.45, 7) is 1.31. The SMILES string of the molecule is CCN1C(=O)C(=O)N(CC(=O)NC(=O)NCCC2=CCCCC2)C1=O. The maximum absolute atomic E-state index is 11.8. The molecule has 0 aromatic heterocycles. The molecule has 0 unspecified atom stereocenters. The summed E-state index contributed by atoms with van der Waals surface area (Å²) in [4.78, 5) is 59.8. The number of urea groups is 2. The van der Waals surface area contributed by atoms with E-state index >= 15 is 0 Å². The fourth-order valence-electron chi connectivity index (χ4n) is 2.79. The molecule has 136 valence electrons. The van der Waals surface area contributed by atoms with Gasteiger partial charge in [-0.2, -0.15) is 0 Å². The highest BCUT2D eigenvalue weighted by Gasteiger charge is 2.44. The zero-order chi connectivity index (χ0) is 18.4. The Labute approximate surface area is 145 Å². The molecule has 0 atom stereocenters. The summed E-state index contributed by atoms with van der Waals surface area (Å²) >= 11 is 0. The molecule has 7 amide bonds. The second kappa shape index (κ2) is 8.41. The highest BCUT2D eigenvalue weighted by atomic mass is 16.2. The number of carbonyl (C=O) groups is 5. The van der Waals surface area contributed by atoms with Crippen molar-refractivity contribution in [3.8, 4) is 0 Å². The molecule has 2 N–H and O–H groups in total. The molecule has 2 rings (SSSR count). The van der Waals surface area contributed by atoms with Crippen molar-refractivity contribution in [3.05, 3.63) is 11.6 Å². The highest BCUT2D eigenvalue weighted by Crippen LogP contribution is 2.19. The quantitative estimate of drug-likeness (QED) is 0.411. The first-order valence-corrected chi connectivity index (χ1v) is 8.37. The average molecular weight is 350 g/mol. The number of rotatable bonds is 6. The van der Waals surface area contributed by atoms with Gasteiger partial charge in [-0.1, -0.05) is 11.6 Å². The summed E-state index contributed by atoms with van der Waals surface area (Å²) in [5.41, 5.74) is 1.30. The molecular formula is C16H22N4O5. The number of hydrogen-bond acceptors (Lipinski definition) is 5. The van der Waals surface area contributed by atoms with Gasteiger partial charge in [-0.15, -0.1) is 0 Å². The van der Waals surface area contributed by atoms with Crippen LogP contribution in [0.25, 0.3) is 0 Å². The minimum atomic E-state index is -1.06. The monoisotopic (exact) mass is 350 g/mol. The zero-order valence-electron chi connectivity index (χ0n) is 14.2. The molecule has 1 aliphatic carbocycles. The van der Waals surface area contributed by atoms with Crippen LogP contribution in [0.15, 0.2) is 11.6 Å². The Morgan fingerprint density at radius 2 is 1.84 bits per heavy atom. The smallest absolute Gasteiger partial charge is 0.334 e. The molecule has 0 bridgehead atoms. The van der Waals surface area contributed by atoms with Crippen LogP contribution in [0.2, 0.25) is 0 Å². The molecule has 1 saturated heterocycles. The van der Waals surface area contributed by atoms with Gasteiger partial charge in [-0.25, -0.2) is 14.5 Å². The third-order valence-electron chi connectivity index (χ3n) is 4.12. The number of nitrogens with zero attached hydrogens (tertiary/aromatic N) is 2. The van der Waals surface area contributed by atoms with Gasteiger partial charge in [0.15, 0.2) is 0 Å². The second-order valence-electron chi connectivity index (χ2n) is 5.89. The molecule has 0 aromatic carbocycles.